The normalized spacial score (nSPS) is 12.3. The number of aromatic amines is 1. The molecule has 2 rings (SSSR count). The van der Waals surface area contributed by atoms with Gasteiger partial charge >= 0.3 is 0 Å². The lowest BCUT2D eigenvalue weighted by molar-refractivity contribution is -0.108. The second-order valence-electron chi connectivity index (χ2n) is 3.74. The van der Waals surface area contributed by atoms with Crippen LogP contribution in [0.5, 0.6) is 0 Å². The number of carbonyl (C=O) groups is 1. The number of nitrogens with one attached hydrogen (secondary N) is 1. The molecule has 0 saturated carbocycles. The van der Waals surface area contributed by atoms with Gasteiger partial charge in [-0.15, -0.1) is 5.10 Å². The molecule has 2 aromatic rings. The minimum absolute atomic E-state index is 0.215. The highest BCUT2D eigenvalue weighted by atomic mass is 16.1. The first kappa shape index (κ1) is 11.3. The average Bonchev–Trinajstić information content (AvgIpc) is 2.77. The van der Waals surface area contributed by atoms with Crippen LogP contribution in [0.1, 0.15) is 5.56 Å². The van der Waals surface area contributed by atoms with Crippen LogP contribution in [0, 0.1) is 0 Å². The van der Waals surface area contributed by atoms with Gasteiger partial charge in [0.25, 0.3) is 0 Å². The molecule has 0 aliphatic rings. The zero-order chi connectivity index (χ0) is 12.3. The lowest BCUT2D eigenvalue weighted by atomic mass is 10.1. The van der Waals surface area contributed by atoms with Crippen LogP contribution in [0.2, 0.25) is 0 Å². The van der Waals surface area contributed by atoms with E-state index in [1.165, 1.54) is 0 Å². The van der Waals surface area contributed by atoms with Gasteiger partial charge in [-0.2, -0.15) is 4.98 Å². The number of nitrogens with two attached hydrogens (primary N) is 2. The average molecular weight is 231 g/mol. The molecule has 1 aromatic heterocycles. The van der Waals surface area contributed by atoms with Gasteiger partial charge in [0.1, 0.15) is 6.29 Å². The van der Waals surface area contributed by atoms with Gasteiger partial charge in [0.05, 0.1) is 6.04 Å². The summed E-state index contributed by atoms with van der Waals surface area (Å²) in [4.78, 5) is 14.5. The number of nitrogens with zero attached hydrogens (tertiary/aromatic N) is 2. The van der Waals surface area contributed by atoms with Crippen LogP contribution in [0.15, 0.2) is 24.3 Å². The number of hydrogen-bond donors (Lipinski definition) is 3. The molecule has 1 heterocycles. The number of aromatic nitrogens is 3. The Labute approximate surface area is 98.0 Å². The summed E-state index contributed by atoms with van der Waals surface area (Å²) in [5.74, 6) is 0.834. The highest BCUT2D eigenvalue weighted by Gasteiger charge is 2.05. The largest absolute Gasteiger partial charge is 0.366 e. The fraction of sp³-hybridized carbons (Fsp3) is 0.182. The molecule has 0 aliphatic heterocycles. The monoisotopic (exact) mass is 231 g/mol. The van der Waals surface area contributed by atoms with Gasteiger partial charge in [0.15, 0.2) is 5.82 Å². The molecule has 17 heavy (non-hydrogen) atoms. The molecular weight excluding hydrogens is 218 g/mol. The van der Waals surface area contributed by atoms with E-state index in [0.717, 1.165) is 17.4 Å². The molecule has 0 bridgehead atoms. The number of H-pyrrole nitrogens is 1. The maximum Gasteiger partial charge on any atom is 0.239 e. The van der Waals surface area contributed by atoms with Gasteiger partial charge in [-0.25, -0.2) is 0 Å². The standard InChI is InChI=1S/C11H13N5O/c12-9(6-17)5-7-1-3-8(4-2-7)10-14-11(13)16-15-10/h1-4,6,9H,5,12H2,(H3,13,14,15,16)/t9-/m1/s1. The van der Waals surface area contributed by atoms with E-state index in [-0.39, 0.29) is 5.95 Å². The van der Waals surface area contributed by atoms with Gasteiger partial charge in [0.2, 0.25) is 5.95 Å². The van der Waals surface area contributed by atoms with Gasteiger partial charge < -0.3 is 16.3 Å². The van der Waals surface area contributed by atoms with Crippen LogP contribution in [-0.4, -0.2) is 27.5 Å². The number of aldehydes is 1. The van der Waals surface area contributed by atoms with Crippen molar-refractivity contribution in [3.05, 3.63) is 29.8 Å². The molecule has 88 valence electrons. The molecule has 5 N–H and O–H groups in total. The number of anilines is 1. The summed E-state index contributed by atoms with van der Waals surface area (Å²) in [6.45, 7) is 0. The Morgan fingerprint density at radius 3 is 2.59 bits per heavy atom. The van der Waals surface area contributed by atoms with E-state index in [1.54, 1.807) is 0 Å². The first-order chi connectivity index (χ1) is 8.19. The molecule has 0 radical (unpaired) electrons. The summed E-state index contributed by atoms with van der Waals surface area (Å²) in [5, 5.41) is 6.48. The van der Waals surface area contributed by atoms with Crippen LogP contribution >= 0.6 is 0 Å². The zero-order valence-corrected chi connectivity index (χ0v) is 9.13. The third-order valence-corrected chi connectivity index (χ3v) is 2.38. The predicted octanol–water partition coefficient (Wildman–Crippen LogP) is 0.123. The Balaban J connectivity index is 2.15. The highest BCUT2D eigenvalue weighted by molar-refractivity contribution is 5.59. The third-order valence-electron chi connectivity index (χ3n) is 2.38. The molecule has 0 unspecified atom stereocenters. The topological polar surface area (TPSA) is 111 Å². The third kappa shape index (κ3) is 2.67. The molecule has 6 nitrogen and oxygen atoms in total. The number of rotatable bonds is 4. The molecule has 6 heteroatoms. The lowest BCUT2D eigenvalue weighted by Gasteiger charge is -2.04. The van der Waals surface area contributed by atoms with Crippen LogP contribution in [0.25, 0.3) is 11.4 Å². The SMILES string of the molecule is Nc1n[nH]c(-c2ccc(C[C@@H](N)C=O)cc2)n1. The Kier molecular flexibility index (Phi) is 3.15. The van der Waals surface area contributed by atoms with E-state index in [2.05, 4.69) is 15.2 Å². The fourth-order valence-corrected chi connectivity index (χ4v) is 1.52. The first-order valence-electron chi connectivity index (χ1n) is 5.17. The van der Waals surface area contributed by atoms with E-state index in [9.17, 15) is 4.79 Å². The van der Waals surface area contributed by atoms with Crippen molar-refractivity contribution in [2.24, 2.45) is 5.73 Å². The van der Waals surface area contributed by atoms with Crippen molar-refractivity contribution < 1.29 is 4.79 Å². The Morgan fingerprint density at radius 1 is 1.35 bits per heavy atom. The molecule has 1 atom stereocenters. The van der Waals surface area contributed by atoms with E-state index in [4.69, 9.17) is 11.5 Å². The molecular formula is C11H13N5O. The highest BCUT2D eigenvalue weighted by Crippen LogP contribution is 2.16. The van der Waals surface area contributed by atoms with Gasteiger partial charge in [0, 0.05) is 5.56 Å². The fourth-order valence-electron chi connectivity index (χ4n) is 1.52. The summed E-state index contributed by atoms with van der Waals surface area (Å²) in [6, 6.07) is 7.11. The molecule has 0 spiro atoms. The molecule has 0 fully saturated rings. The summed E-state index contributed by atoms with van der Waals surface area (Å²) < 4.78 is 0. The Morgan fingerprint density at radius 2 is 2.06 bits per heavy atom. The van der Waals surface area contributed by atoms with Crippen LogP contribution in [-0.2, 0) is 11.2 Å². The molecule has 0 aliphatic carbocycles. The first-order valence-corrected chi connectivity index (χ1v) is 5.17. The zero-order valence-electron chi connectivity index (χ0n) is 9.13. The number of hydrogen-bond acceptors (Lipinski definition) is 5. The minimum Gasteiger partial charge on any atom is -0.366 e. The molecule has 1 aromatic carbocycles. The van der Waals surface area contributed by atoms with Crippen molar-refractivity contribution in [1.29, 1.82) is 0 Å². The summed E-state index contributed by atoms with van der Waals surface area (Å²) in [7, 11) is 0. The quantitative estimate of drug-likeness (QED) is 0.647. The summed E-state index contributed by atoms with van der Waals surface area (Å²) in [6.07, 6.45) is 1.27. The lowest BCUT2D eigenvalue weighted by Crippen LogP contribution is -2.23. The van der Waals surface area contributed by atoms with Crippen molar-refractivity contribution in [3.63, 3.8) is 0 Å². The minimum atomic E-state index is -0.457. The second kappa shape index (κ2) is 4.75. The van der Waals surface area contributed by atoms with Crippen molar-refractivity contribution in [1.82, 2.24) is 15.2 Å². The smallest absolute Gasteiger partial charge is 0.239 e. The van der Waals surface area contributed by atoms with E-state index >= 15 is 0 Å². The molecule has 0 saturated heterocycles. The summed E-state index contributed by atoms with van der Waals surface area (Å²) >= 11 is 0. The Hall–Kier alpha value is -2.21. The number of carbonyl (C=O) groups excluding carboxylic acids is 1. The number of benzene rings is 1. The van der Waals surface area contributed by atoms with Crippen molar-refractivity contribution >= 4 is 12.2 Å². The van der Waals surface area contributed by atoms with Gasteiger partial charge in [-0.3, -0.25) is 5.10 Å². The van der Waals surface area contributed by atoms with Crippen molar-refractivity contribution in [3.8, 4) is 11.4 Å². The maximum atomic E-state index is 10.4. The van der Waals surface area contributed by atoms with Crippen LogP contribution < -0.4 is 11.5 Å². The van der Waals surface area contributed by atoms with E-state index in [0.29, 0.717) is 12.2 Å². The Bertz CT molecular complexity index is 505. The van der Waals surface area contributed by atoms with Crippen molar-refractivity contribution in [2.75, 3.05) is 5.73 Å². The predicted molar refractivity (Wildman–Crippen MR) is 64.0 cm³/mol. The van der Waals surface area contributed by atoms with E-state index in [1.807, 2.05) is 24.3 Å². The second-order valence-corrected chi connectivity index (χ2v) is 3.74. The maximum absolute atomic E-state index is 10.4. The van der Waals surface area contributed by atoms with Gasteiger partial charge in [-0.1, -0.05) is 24.3 Å². The number of nitrogen functional groups attached to an aromatic ring is 1. The van der Waals surface area contributed by atoms with Crippen LogP contribution in [0.4, 0.5) is 5.95 Å². The van der Waals surface area contributed by atoms with Crippen LogP contribution in [0.3, 0.4) is 0 Å². The van der Waals surface area contributed by atoms with Gasteiger partial charge in [-0.05, 0) is 12.0 Å². The summed E-state index contributed by atoms with van der Waals surface area (Å²) in [5.41, 5.74) is 12.9. The van der Waals surface area contributed by atoms with E-state index < -0.39 is 6.04 Å². The van der Waals surface area contributed by atoms with Crippen molar-refractivity contribution in [2.45, 2.75) is 12.5 Å². The molecule has 0 amide bonds.